The second-order valence-corrected chi connectivity index (χ2v) is 11.9. The monoisotopic (exact) mass is 603 g/mol. The normalized spacial score (nSPS) is 12.7. The lowest BCUT2D eigenvalue weighted by atomic mass is 10.1. The van der Waals surface area contributed by atoms with Crippen LogP contribution in [0.3, 0.4) is 0 Å². The molecule has 3 rings (SSSR count). The molecule has 1 N–H and O–H groups in total. The zero-order chi connectivity index (χ0) is 30.2. The van der Waals surface area contributed by atoms with E-state index in [2.05, 4.69) is 5.32 Å². The summed E-state index contributed by atoms with van der Waals surface area (Å²) in [5, 5.41) is 3.20. The number of benzene rings is 3. The molecule has 0 saturated heterocycles. The fourth-order valence-electron chi connectivity index (χ4n) is 4.18. The molecule has 0 aliphatic rings. The average molecular weight is 604 g/mol. The van der Waals surface area contributed by atoms with Crippen LogP contribution < -0.4 is 14.4 Å². The maximum atomic E-state index is 14.0. The molecule has 0 bridgehead atoms. The maximum Gasteiger partial charge on any atom is 0.264 e. The number of nitrogens with one attached hydrogen (secondary N) is 1. The number of hydrogen-bond donors (Lipinski definition) is 1. The molecule has 2 amide bonds. The molecule has 0 fully saturated rings. The van der Waals surface area contributed by atoms with E-state index >= 15 is 0 Å². The Balaban J connectivity index is 2.06. The molecule has 3 aromatic rings. The van der Waals surface area contributed by atoms with Gasteiger partial charge in [0, 0.05) is 17.6 Å². The van der Waals surface area contributed by atoms with Crippen molar-refractivity contribution in [3.63, 3.8) is 0 Å². The SMILES string of the molecule is CC[C@H](C)NC(=O)[C@H](CC)N(Cc1ccc(F)cc1)C(=O)CN(c1cccc(Cl)c1)S(=O)(=O)c1ccc(OC)cc1. The first kappa shape index (κ1) is 31.9. The molecule has 41 heavy (non-hydrogen) atoms. The van der Waals surface area contributed by atoms with Gasteiger partial charge in [0.1, 0.15) is 24.2 Å². The summed E-state index contributed by atoms with van der Waals surface area (Å²) in [5.41, 5.74) is 0.766. The van der Waals surface area contributed by atoms with Crippen LogP contribution in [0.15, 0.2) is 77.7 Å². The summed E-state index contributed by atoms with van der Waals surface area (Å²) in [7, 11) is -2.79. The largest absolute Gasteiger partial charge is 0.497 e. The van der Waals surface area contributed by atoms with E-state index in [4.69, 9.17) is 16.3 Å². The van der Waals surface area contributed by atoms with Crippen LogP contribution in [0, 0.1) is 5.82 Å². The van der Waals surface area contributed by atoms with E-state index < -0.39 is 34.3 Å². The van der Waals surface area contributed by atoms with Gasteiger partial charge in [0.2, 0.25) is 11.8 Å². The minimum Gasteiger partial charge on any atom is -0.497 e. The summed E-state index contributed by atoms with van der Waals surface area (Å²) in [6, 6.07) is 16.5. The Morgan fingerprint density at radius 2 is 1.66 bits per heavy atom. The lowest BCUT2D eigenvalue weighted by Crippen LogP contribution is -2.53. The molecule has 0 unspecified atom stereocenters. The van der Waals surface area contributed by atoms with Crippen LogP contribution in [-0.2, 0) is 26.2 Å². The van der Waals surface area contributed by atoms with Crippen LogP contribution in [0.2, 0.25) is 5.02 Å². The van der Waals surface area contributed by atoms with E-state index in [1.165, 1.54) is 72.7 Å². The minimum atomic E-state index is -4.26. The van der Waals surface area contributed by atoms with Crippen molar-refractivity contribution in [2.45, 2.75) is 57.1 Å². The van der Waals surface area contributed by atoms with E-state index in [0.29, 0.717) is 17.7 Å². The number of carbonyl (C=O) groups excluding carboxylic acids is 2. The summed E-state index contributed by atoms with van der Waals surface area (Å²) in [6.07, 6.45) is 0.967. The van der Waals surface area contributed by atoms with Gasteiger partial charge in [0.05, 0.1) is 17.7 Å². The van der Waals surface area contributed by atoms with Gasteiger partial charge in [-0.2, -0.15) is 0 Å². The summed E-state index contributed by atoms with van der Waals surface area (Å²) < 4.78 is 47.5. The molecule has 220 valence electrons. The van der Waals surface area contributed by atoms with Crippen LogP contribution >= 0.6 is 11.6 Å². The molecule has 0 aromatic heterocycles. The Hall–Kier alpha value is -3.63. The number of carbonyl (C=O) groups is 2. The van der Waals surface area contributed by atoms with Crippen molar-refractivity contribution >= 4 is 39.1 Å². The lowest BCUT2D eigenvalue weighted by molar-refractivity contribution is -0.140. The predicted octanol–water partition coefficient (Wildman–Crippen LogP) is 5.41. The highest BCUT2D eigenvalue weighted by Gasteiger charge is 2.34. The van der Waals surface area contributed by atoms with E-state index in [0.717, 1.165) is 4.31 Å². The smallest absolute Gasteiger partial charge is 0.264 e. The molecular weight excluding hydrogens is 569 g/mol. The average Bonchev–Trinajstić information content (AvgIpc) is 2.96. The third kappa shape index (κ3) is 8.20. The van der Waals surface area contributed by atoms with Crippen molar-refractivity contribution in [3.05, 3.63) is 89.2 Å². The molecule has 0 radical (unpaired) electrons. The molecule has 0 heterocycles. The van der Waals surface area contributed by atoms with Crippen molar-refractivity contribution in [3.8, 4) is 5.75 Å². The second kappa shape index (κ2) is 14.3. The van der Waals surface area contributed by atoms with Gasteiger partial charge in [0.25, 0.3) is 10.0 Å². The number of halogens is 2. The highest BCUT2D eigenvalue weighted by atomic mass is 35.5. The zero-order valence-corrected chi connectivity index (χ0v) is 25.1. The number of anilines is 1. The molecule has 0 aliphatic heterocycles. The molecular formula is C30H35ClFN3O5S. The Labute approximate surface area is 246 Å². The molecule has 3 aromatic carbocycles. The third-order valence-corrected chi connectivity index (χ3v) is 8.70. The summed E-state index contributed by atoms with van der Waals surface area (Å²) in [5.74, 6) is -0.939. The predicted molar refractivity (Wildman–Crippen MR) is 158 cm³/mol. The Morgan fingerprint density at radius 1 is 1.00 bits per heavy atom. The number of nitrogens with zero attached hydrogens (tertiary/aromatic N) is 2. The first-order valence-corrected chi connectivity index (χ1v) is 15.1. The second-order valence-electron chi connectivity index (χ2n) is 9.56. The van der Waals surface area contributed by atoms with Gasteiger partial charge in [-0.05, 0) is 79.9 Å². The lowest BCUT2D eigenvalue weighted by Gasteiger charge is -2.33. The van der Waals surface area contributed by atoms with E-state index in [1.807, 2.05) is 13.8 Å². The van der Waals surface area contributed by atoms with E-state index in [1.54, 1.807) is 19.1 Å². The Bertz CT molecular complexity index is 1440. The topological polar surface area (TPSA) is 96.0 Å². The van der Waals surface area contributed by atoms with E-state index in [-0.39, 0.29) is 40.5 Å². The van der Waals surface area contributed by atoms with Crippen LogP contribution in [0.5, 0.6) is 5.75 Å². The number of methoxy groups -OCH3 is 1. The van der Waals surface area contributed by atoms with Crippen LogP contribution in [0.25, 0.3) is 0 Å². The number of amides is 2. The highest BCUT2D eigenvalue weighted by molar-refractivity contribution is 7.92. The van der Waals surface area contributed by atoms with Crippen molar-refractivity contribution < 1.29 is 27.1 Å². The Kier molecular flexibility index (Phi) is 11.1. The van der Waals surface area contributed by atoms with Gasteiger partial charge in [-0.25, -0.2) is 12.8 Å². The number of hydrogen-bond acceptors (Lipinski definition) is 5. The zero-order valence-electron chi connectivity index (χ0n) is 23.5. The number of rotatable bonds is 13. The van der Waals surface area contributed by atoms with Crippen molar-refractivity contribution in [1.29, 1.82) is 0 Å². The number of sulfonamides is 1. The van der Waals surface area contributed by atoms with Crippen molar-refractivity contribution in [2.24, 2.45) is 0 Å². The molecule has 8 nitrogen and oxygen atoms in total. The molecule has 11 heteroatoms. The summed E-state index contributed by atoms with van der Waals surface area (Å²) >= 11 is 6.20. The molecule has 0 aliphatic carbocycles. The van der Waals surface area contributed by atoms with Gasteiger partial charge in [0.15, 0.2) is 0 Å². The number of ether oxygens (including phenoxy) is 1. The first-order valence-electron chi connectivity index (χ1n) is 13.3. The standard InChI is InChI=1S/C30H35ClFN3O5S/c1-5-21(3)33-30(37)28(6-2)34(19-22-10-12-24(32)13-11-22)29(36)20-35(25-9-7-8-23(31)18-25)41(38,39)27-16-14-26(40-4)15-17-27/h7-18,21,28H,5-6,19-20H2,1-4H3,(H,33,37)/t21-,28-/m0/s1. The van der Waals surface area contributed by atoms with Gasteiger partial charge < -0.3 is 15.0 Å². The van der Waals surface area contributed by atoms with Crippen LogP contribution in [0.4, 0.5) is 10.1 Å². The maximum absolute atomic E-state index is 14.0. The molecule has 0 saturated carbocycles. The van der Waals surface area contributed by atoms with Crippen LogP contribution in [0.1, 0.15) is 39.2 Å². The molecule has 2 atom stereocenters. The summed E-state index contributed by atoms with van der Waals surface area (Å²) in [6.45, 7) is 4.93. The first-order chi connectivity index (χ1) is 19.5. The quantitative estimate of drug-likeness (QED) is 0.282. The van der Waals surface area contributed by atoms with E-state index in [9.17, 15) is 22.4 Å². The fourth-order valence-corrected chi connectivity index (χ4v) is 5.77. The van der Waals surface area contributed by atoms with Gasteiger partial charge in [-0.3, -0.25) is 13.9 Å². The molecule has 0 spiro atoms. The highest BCUT2D eigenvalue weighted by Crippen LogP contribution is 2.28. The van der Waals surface area contributed by atoms with Gasteiger partial charge in [-0.15, -0.1) is 0 Å². The minimum absolute atomic E-state index is 0.0302. The van der Waals surface area contributed by atoms with Crippen molar-refractivity contribution in [1.82, 2.24) is 10.2 Å². The van der Waals surface area contributed by atoms with Gasteiger partial charge in [-0.1, -0.05) is 43.6 Å². The third-order valence-electron chi connectivity index (χ3n) is 6.68. The summed E-state index contributed by atoms with van der Waals surface area (Å²) in [4.78, 5) is 28.6. The Morgan fingerprint density at radius 3 is 2.22 bits per heavy atom. The van der Waals surface area contributed by atoms with Crippen LogP contribution in [-0.4, -0.2) is 50.9 Å². The van der Waals surface area contributed by atoms with Crippen molar-refractivity contribution in [2.75, 3.05) is 18.0 Å². The van der Waals surface area contributed by atoms with Gasteiger partial charge >= 0.3 is 0 Å². The fraction of sp³-hybridized carbons (Fsp3) is 0.333.